The molecule has 0 radical (unpaired) electrons. The highest BCUT2D eigenvalue weighted by atomic mass is 16.5. The second-order valence-electron chi connectivity index (χ2n) is 27.3. The van der Waals surface area contributed by atoms with Crippen molar-refractivity contribution in [3.63, 3.8) is 0 Å². The van der Waals surface area contributed by atoms with E-state index in [0.717, 1.165) is 55.2 Å². The van der Waals surface area contributed by atoms with Gasteiger partial charge in [0, 0.05) is 65.7 Å². The van der Waals surface area contributed by atoms with Gasteiger partial charge in [-0.2, -0.15) is 0 Å². The minimum absolute atomic E-state index is 0.0708. The first-order valence-corrected chi connectivity index (χ1v) is 31.3. The van der Waals surface area contributed by atoms with E-state index in [2.05, 4.69) is 179 Å². The molecule has 13 unspecified atom stereocenters. The molecule has 1 saturated carbocycles. The van der Waals surface area contributed by atoms with Gasteiger partial charge in [0.25, 0.3) is 0 Å². The molecule has 1 aliphatic rings. The van der Waals surface area contributed by atoms with Crippen molar-refractivity contribution in [1.29, 1.82) is 0 Å². The Morgan fingerprint density at radius 2 is 0.952 bits per heavy atom. The predicted molar refractivity (Wildman–Crippen MR) is 341 cm³/mol. The van der Waals surface area contributed by atoms with Crippen molar-refractivity contribution >= 4 is 0 Å². The summed E-state index contributed by atoms with van der Waals surface area (Å²) >= 11 is 0. The van der Waals surface area contributed by atoms with E-state index in [1.807, 2.05) is 57.5 Å². The minimum Gasteiger partial charge on any atom is -0.491 e. The average molecular weight is 1160 g/mol. The summed E-state index contributed by atoms with van der Waals surface area (Å²) in [5.74, 6) is 2.44. The van der Waals surface area contributed by atoms with Crippen LogP contribution in [-0.4, -0.2) is 165 Å². The summed E-state index contributed by atoms with van der Waals surface area (Å²) in [6.07, 6.45) is 3.96. The second kappa shape index (κ2) is 33.1. The van der Waals surface area contributed by atoms with Crippen LogP contribution in [0.1, 0.15) is 178 Å². The monoisotopic (exact) mass is 1160 g/mol. The maximum Gasteiger partial charge on any atom is 0.119 e. The van der Waals surface area contributed by atoms with Crippen LogP contribution in [0.5, 0.6) is 17.2 Å². The fraction of sp³-hybridized carbons (Fsp3) is 0.735. The van der Waals surface area contributed by atoms with Crippen molar-refractivity contribution in [3.05, 3.63) is 89.5 Å². The van der Waals surface area contributed by atoms with Gasteiger partial charge in [-0.25, -0.2) is 0 Å². The molecule has 0 amide bonds. The number of hydrogen-bond acceptors (Lipinski definition) is 15. The molecule has 0 aliphatic heterocycles. The lowest BCUT2D eigenvalue weighted by Crippen LogP contribution is -2.51. The molecular weight excluding hydrogens is 1040 g/mol. The third-order valence-corrected chi connectivity index (χ3v) is 17.8. The van der Waals surface area contributed by atoms with Crippen LogP contribution in [0.25, 0.3) is 0 Å². The van der Waals surface area contributed by atoms with Crippen LogP contribution in [-0.2, 0) is 14.2 Å². The van der Waals surface area contributed by atoms with E-state index in [0.29, 0.717) is 80.6 Å². The Kier molecular flexibility index (Phi) is 28.7. The molecule has 0 heterocycles. The van der Waals surface area contributed by atoms with Crippen LogP contribution >= 0.6 is 0 Å². The molecule has 15 heteroatoms. The summed E-state index contributed by atoms with van der Waals surface area (Å²) in [6, 6.07) is 25.4. The maximum atomic E-state index is 11.3. The fourth-order valence-electron chi connectivity index (χ4n) is 10.9. The highest BCUT2D eigenvalue weighted by molar-refractivity contribution is 5.47. The average Bonchev–Trinajstić information content (AvgIpc) is 3.80. The van der Waals surface area contributed by atoms with Crippen LogP contribution in [0.4, 0.5) is 0 Å². The zero-order valence-corrected chi connectivity index (χ0v) is 55.1. The number of β-amino-alcohol motifs (C(OH)–C–C–N with tert-alkyl or cyclic N) is 2. The number of nitrogens with one attached hydrogen (secondary N) is 6. The van der Waals surface area contributed by atoms with E-state index in [-0.39, 0.29) is 71.1 Å². The molecule has 9 N–H and O–H groups in total. The van der Waals surface area contributed by atoms with Crippen LogP contribution in [0.15, 0.2) is 72.8 Å². The lowest BCUT2D eigenvalue weighted by atomic mass is 9.85. The predicted octanol–water partition coefficient (Wildman–Crippen LogP) is 9.77. The second-order valence-corrected chi connectivity index (χ2v) is 27.3. The SMILES string of the molecule is CCC(C)(CC(O)COc1ccc(C(c2ccc(OCC(O)CNC(C)(C)C(C)COC(C)(CC)CC(C)NC)cc2)c2ccc(OCC(O)CNC3(C)CC3COC(C)(C)CC(C)NC)cc2)cc1)NC(C)COC(C)(C)CC(C)NC. The normalized spacial score (nSPS) is 20.7. The topological polar surface area (TPSA) is 188 Å². The first kappa shape index (κ1) is 72.1. The van der Waals surface area contributed by atoms with Crippen molar-refractivity contribution in [3.8, 4) is 17.2 Å². The summed E-state index contributed by atoms with van der Waals surface area (Å²) in [4.78, 5) is 0. The summed E-state index contributed by atoms with van der Waals surface area (Å²) in [5, 5.41) is 54.3. The molecule has 1 aliphatic carbocycles. The van der Waals surface area contributed by atoms with E-state index in [1.54, 1.807) is 0 Å². The first-order valence-electron chi connectivity index (χ1n) is 31.3. The summed E-state index contributed by atoms with van der Waals surface area (Å²) in [5.41, 5.74) is 1.80. The Balaban J connectivity index is 1.40. The molecule has 0 bridgehead atoms. The lowest BCUT2D eigenvalue weighted by Gasteiger charge is -2.38. The summed E-state index contributed by atoms with van der Waals surface area (Å²) < 4.78 is 37.8. The molecule has 0 aromatic heterocycles. The van der Waals surface area contributed by atoms with Crippen LogP contribution < -0.4 is 46.1 Å². The highest BCUT2D eigenvalue weighted by Crippen LogP contribution is 2.44. The Morgan fingerprint density at radius 1 is 0.518 bits per heavy atom. The van der Waals surface area contributed by atoms with Crippen molar-refractivity contribution in [2.24, 2.45) is 11.8 Å². The molecular formula is C68H118N6O9. The first-order chi connectivity index (χ1) is 38.9. The molecule has 83 heavy (non-hydrogen) atoms. The largest absolute Gasteiger partial charge is 0.491 e. The molecule has 13 atom stereocenters. The van der Waals surface area contributed by atoms with Gasteiger partial charge in [-0.1, -0.05) is 57.2 Å². The van der Waals surface area contributed by atoms with E-state index < -0.39 is 18.3 Å². The van der Waals surface area contributed by atoms with Crippen LogP contribution in [0.3, 0.4) is 0 Å². The number of ether oxygens (including phenoxy) is 6. The molecule has 0 spiro atoms. The Labute approximate surface area is 503 Å². The third-order valence-electron chi connectivity index (χ3n) is 17.8. The molecule has 15 nitrogen and oxygen atoms in total. The number of aliphatic hydroxyl groups excluding tert-OH is 3. The number of rotatable bonds is 43. The maximum absolute atomic E-state index is 11.3. The Bertz CT molecular complexity index is 2270. The number of hydrogen-bond donors (Lipinski definition) is 9. The zero-order chi connectivity index (χ0) is 61.8. The number of benzene rings is 3. The standard InChI is InChI=1S/C68H118N6O9/c1-20-66(14,74-51(7)42-81-63(8,9)34-48(4)69-17)38-56(75)44-78-59-28-22-52(23-29-59)62(54-26-32-61(33-27-54)80-46-58(77)40-73-68(16)37-55(68)43-82-64(10,11)35-49(5)70-18)53-24-30-60(31-25-53)79-45-57(76)39-72-65(12,13)47(3)41-83-67(15,21-2)36-50(6)71-19/h22-33,47-51,55-58,62,69-77H,20-21,34-46H2,1-19H3. The summed E-state index contributed by atoms with van der Waals surface area (Å²) in [6.45, 7) is 37.7. The zero-order valence-electron chi connectivity index (χ0n) is 55.1. The fourth-order valence-corrected chi connectivity index (χ4v) is 10.9. The van der Waals surface area contributed by atoms with Gasteiger partial charge in [-0.15, -0.1) is 0 Å². The van der Waals surface area contributed by atoms with Gasteiger partial charge < -0.3 is 75.6 Å². The van der Waals surface area contributed by atoms with Gasteiger partial charge in [0.1, 0.15) is 49.3 Å². The molecule has 474 valence electrons. The molecule has 3 aromatic carbocycles. The van der Waals surface area contributed by atoms with Crippen molar-refractivity contribution in [2.45, 2.75) is 238 Å². The van der Waals surface area contributed by atoms with Crippen LogP contribution in [0, 0.1) is 11.8 Å². The van der Waals surface area contributed by atoms with E-state index >= 15 is 0 Å². The quantitative estimate of drug-likeness (QED) is 0.0244. The van der Waals surface area contributed by atoms with Gasteiger partial charge in [0.2, 0.25) is 0 Å². The third kappa shape index (κ3) is 25.1. The van der Waals surface area contributed by atoms with Crippen molar-refractivity contribution in [2.75, 3.05) is 73.9 Å². The smallest absolute Gasteiger partial charge is 0.119 e. The Hall–Kier alpha value is -3.42. The summed E-state index contributed by atoms with van der Waals surface area (Å²) in [7, 11) is 5.94. The van der Waals surface area contributed by atoms with E-state index in [9.17, 15) is 15.3 Å². The van der Waals surface area contributed by atoms with Gasteiger partial charge >= 0.3 is 0 Å². The van der Waals surface area contributed by atoms with Crippen molar-refractivity contribution < 1.29 is 43.7 Å². The van der Waals surface area contributed by atoms with Crippen LogP contribution in [0.2, 0.25) is 0 Å². The van der Waals surface area contributed by atoms with Crippen molar-refractivity contribution in [1.82, 2.24) is 31.9 Å². The van der Waals surface area contributed by atoms with Gasteiger partial charge in [0.15, 0.2) is 0 Å². The van der Waals surface area contributed by atoms with E-state index in [4.69, 9.17) is 28.4 Å². The molecule has 3 aromatic rings. The highest BCUT2D eigenvalue weighted by Gasteiger charge is 2.50. The van der Waals surface area contributed by atoms with Gasteiger partial charge in [0.05, 0.1) is 42.7 Å². The van der Waals surface area contributed by atoms with Gasteiger partial charge in [-0.05, 0) is 215 Å². The van der Waals surface area contributed by atoms with E-state index in [1.165, 1.54) is 0 Å². The molecule has 1 fully saturated rings. The Morgan fingerprint density at radius 3 is 1.40 bits per heavy atom. The molecule has 4 rings (SSSR count). The number of aliphatic hydroxyl groups is 3. The lowest BCUT2D eigenvalue weighted by molar-refractivity contribution is -0.0685. The molecule has 0 saturated heterocycles. The van der Waals surface area contributed by atoms with Gasteiger partial charge in [-0.3, -0.25) is 0 Å². The minimum atomic E-state index is -0.724.